The van der Waals surface area contributed by atoms with E-state index in [-0.39, 0.29) is 18.8 Å². The highest BCUT2D eigenvalue weighted by Gasteiger charge is 2.11. The second-order valence-electron chi connectivity index (χ2n) is 3.41. The minimum atomic E-state index is -0.299. The van der Waals surface area contributed by atoms with Crippen LogP contribution in [0.4, 0.5) is 0 Å². The third kappa shape index (κ3) is 8.77. The lowest BCUT2D eigenvalue weighted by Crippen LogP contribution is -2.37. The van der Waals surface area contributed by atoms with Gasteiger partial charge in [0, 0.05) is 26.4 Å². The van der Waals surface area contributed by atoms with E-state index in [9.17, 15) is 0 Å². The SMILES string of the molecule is COCCCOCCOC(CO)C(C)N. The number of rotatable bonds is 10. The summed E-state index contributed by atoms with van der Waals surface area (Å²) in [7, 11) is 1.66. The van der Waals surface area contributed by atoms with Gasteiger partial charge in [0.15, 0.2) is 0 Å². The van der Waals surface area contributed by atoms with Crippen molar-refractivity contribution in [2.75, 3.05) is 40.1 Å². The summed E-state index contributed by atoms with van der Waals surface area (Å²) >= 11 is 0. The molecular formula is C10H23NO4. The normalized spacial score (nSPS) is 15.2. The lowest BCUT2D eigenvalue weighted by atomic mass is 10.2. The topological polar surface area (TPSA) is 73.9 Å². The smallest absolute Gasteiger partial charge is 0.0954 e. The highest BCUT2D eigenvalue weighted by molar-refractivity contribution is 4.66. The van der Waals surface area contributed by atoms with E-state index < -0.39 is 0 Å². The van der Waals surface area contributed by atoms with Crippen LogP contribution in [0.5, 0.6) is 0 Å². The molecule has 0 aromatic heterocycles. The summed E-state index contributed by atoms with van der Waals surface area (Å²) in [6, 6.07) is -0.163. The van der Waals surface area contributed by atoms with Gasteiger partial charge in [-0.05, 0) is 13.3 Å². The van der Waals surface area contributed by atoms with Crippen LogP contribution in [0, 0.1) is 0 Å². The maximum absolute atomic E-state index is 8.91. The second-order valence-corrected chi connectivity index (χ2v) is 3.41. The molecule has 2 unspecified atom stereocenters. The molecule has 0 aliphatic rings. The van der Waals surface area contributed by atoms with Gasteiger partial charge in [-0.25, -0.2) is 0 Å². The number of ether oxygens (including phenoxy) is 3. The summed E-state index contributed by atoms with van der Waals surface area (Å²) in [5, 5.41) is 8.91. The van der Waals surface area contributed by atoms with E-state index >= 15 is 0 Å². The molecule has 0 amide bonds. The molecule has 0 heterocycles. The molecule has 0 aliphatic heterocycles. The van der Waals surface area contributed by atoms with Crippen LogP contribution in [0.3, 0.4) is 0 Å². The first-order chi connectivity index (χ1) is 7.22. The molecule has 0 fully saturated rings. The highest BCUT2D eigenvalue weighted by Crippen LogP contribution is 1.95. The minimum Gasteiger partial charge on any atom is -0.394 e. The third-order valence-electron chi connectivity index (χ3n) is 1.96. The maximum atomic E-state index is 8.91. The third-order valence-corrected chi connectivity index (χ3v) is 1.96. The van der Waals surface area contributed by atoms with Crippen molar-refractivity contribution in [2.45, 2.75) is 25.5 Å². The van der Waals surface area contributed by atoms with Gasteiger partial charge in [0.1, 0.15) is 0 Å². The number of methoxy groups -OCH3 is 1. The van der Waals surface area contributed by atoms with Crippen LogP contribution < -0.4 is 5.73 Å². The Labute approximate surface area is 91.5 Å². The number of nitrogens with two attached hydrogens (primary N) is 1. The molecule has 0 saturated heterocycles. The fraction of sp³-hybridized carbons (Fsp3) is 1.00. The lowest BCUT2D eigenvalue weighted by molar-refractivity contribution is -0.0291. The van der Waals surface area contributed by atoms with Crippen molar-refractivity contribution in [3.05, 3.63) is 0 Å². The Bertz CT molecular complexity index is 133. The van der Waals surface area contributed by atoms with Crippen molar-refractivity contribution in [1.29, 1.82) is 0 Å². The van der Waals surface area contributed by atoms with Crippen molar-refractivity contribution in [3.8, 4) is 0 Å². The fourth-order valence-corrected chi connectivity index (χ4v) is 1.04. The number of hydrogen-bond donors (Lipinski definition) is 2. The molecule has 5 heteroatoms. The van der Waals surface area contributed by atoms with Gasteiger partial charge in [0.2, 0.25) is 0 Å². The molecule has 0 aromatic rings. The van der Waals surface area contributed by atoms with E-state index in [0.717, 1.165) is 6.42 Å². The summed E-state index contributed by atoms with van der Waals surface area (Å²) in [6.45, 7) is 4.10. The average Bonchev–Trinajstić information content (AvgIpc) is 2.21. The van der Waals surface area contributed by atoms with E-state index in [1.807, 2.05) is 0 Å². The summed E-state index contributed by atoms with van der Waals surface area (Å²) in [5.41, 5.74) is 5.59. The van der Waals surface area contributed by atoms with Crippen molar-refractivity contribution in [2.24, 2.45) is 5.73 Å². The molecule has 0 aliphatic carbocycles. The zero-order valence-electron chi connectivity index (χ0n) is 9.65. The molecule has 0 radical (unpaired) electrons. The molecule has 0 spiro atoms. The summed E-state index contributed by atoms with van der Waals surface area (Å²) in [5.74, 6) is 0. The summed E-state index contributed by atoms with van der Waals surface area (Å²) in [4.78, 5) is 0. The Morgan fingerprint density at radius 2 is 1.93 bits per heavy atom. The molecule has 0 saturated carbocycles. The van der Waals surface area contributed by atoms with E-state index in [1.165, 1.54) is 0 Å². The molecule has 92 valence electrons. The average molecular weight is 221 g/mol. The van der Waals surface area contributed by atoms with Gasteiger partial charge < -0.3 is 25.1 Å². The largest absolute Gasteiger partial charge is 0.394 e. The van der Waals surface area contributed by atoms with E-state index in [1.54, 1.807) is 14.0 Å². The monoisotopic (exact) mass is 221 g/mol. The van der Waals surface area contributed by atoms with Gasteiger partial charge in [0.05, 0.1) is 25.9 Å². The summed E-state index contributed by atoms with van der Waals surface area (Å²) in [6.07, 6.45) is 0.584. The number of aliphatic hydroxyl groups excluding tert-OH is 1. The van der Waals surface area contributed by atoms with Gasteiger partial charge >= 0.3 is 0 Å². The minimum absolute atomic E-state index is 0.0542. The van der Waals surface area contributed by atoms with Crippen molar-refractivity contribution < 1.29 is 19.3 Å². The van der Waals surface area contributed by atoms with Crippen LogP contribution in [-0.4, -0.2) is 57.4 Å². The predicted octanol–water partition coefficient (Wildman–Crippen LogP) is -0.236. The first-order valence-electron chi connectivity index (χ1n) is 5.27. The van der Waals surface area contributed by atoms with Gasteiger partial charge in [-0.2, -0.15) is 0 Å². The standard InChI is InChI=1S/C10H23NO4/c1-9(11)10(8-12)15-7-6-14-5-3-4-13-2/h9-10,12H,3-8,11H2,1-2H3. The van der Waals surface area contributed by atoms with Crippen LogP contribution in [-0.2, 0) is 14.2 Å². The van der Waals surface area contributed by atoms with Gasteiger partial charge in [0.25, 0.3) is 0 Å². The van der Waals surface area contributed by atoms with Gasteiger partial charge in [-0.15, -0.1) is 0 Å². The Hall–Kier alpha value is -0.200. The molecule has 15 heavy (non-hydrogen) atoms. The van der Waals surface area contributed by atoms with E-state index in [0.29, 0.717) is 26.4 Å². The lowest BCUT2D eigenvalue weighted by Gasteiger charge is -2.18. The zero-order chi connectivity index (χ0) is 11.5. The van der Waals surface area contributed by atoms with E-state index in [2.05, 4.69) is 0 Å². The Balaban J connectivity index is 3.22. The van der Waals surface area contributed by atoms with Crippen LogP contribution in [0.25, 0.3) is 0 Å². The molecule has 0 aromatic carbocycles. The van der Waals surface area contributed by atoms with Crippen LogP contribution in [0.1, 0.15) is 13.3 Å². The van der Waals surface area contributed by atoms with Gasteiger partial charge in [-0.3, -0.25) is 0 Å². The number of hydrogen-bond acceptors (Lipinski definition) is 5. The fourth-order valence-electron chi connectivity index (χ4n) is 1.04. The first-order valence-corrected chi connectivity index (χ1v) is 5.27. The van der Waals surface area contributed by atoms with Crippen molar-refractivity contribution in [1.82, 2.24) is 0 Å². The van der Waals surface area contributed by atoms with Crippen LogP contribution >= 0.6 is 0 Å². The molecule has 5 nitrogen and oxygen atoms in total. The molecule has 0 bridgehead atoms. The maximum Gasteiger partial charge on any atom is 0.0954 e. The molecule has 0 rings (SSSR count). The second kappa shape index (κ2) is 10.3. The molecule has 3 N–H and O–H groups in total. The summed E-state index contributed by atoms with van der Waals surface area (Å²) < 4.78 is 15.5. The van der Waals surface area contributed by atoms with Crippen molar-refractivity contribution in [3.63, 3.8) is 0 Å². The predicted molar refractivity (Wildman–Crippen MR) is 57.8 cm³/mol. The number of aliphatic hydroxyl groups is 1. The Morgan fingerprint density at radius 3 is 2.47 bits per heavy atom. The molecular weight excluding hydrogens is 198 g/mol. The van der Waals surface area contributed by atoms with Gasteiger partial charge in [-0.1, -0.05) is 0 Å². The highest BCUT2D eigenvalue weighted by atomic mass is 16.5. The van der Waals surface area contributed by atoms with Crippen molar-refractivity contribution >= 4 is 0 Å². The van der Waals surface area contributed by atoms with E-state index in [4.69, 9.17) is 25.1 Å². The quantitative estimate of drug-likeness (QED) is 0.498. The Kier molecular flexibility index (Phi) is 10.2. The first kappa shape index (κ1) is 14.8. The molecule has 2 atom stereocenters. The Morgan fingerprint density at radius 1 is 1.20 bits per heavy atom. The van der Waals surface area contributed by atoms with Crippen LogP contribution in [0.15, 0.2) is 0 Å². The zero-order valence-corrected chi connectivity index (χ0v) is 9.65. The van der Waals surface area contributed by atoms with Crippen LogP contribution in [0.2, 0.25) is 0 Å².